The zero-order chi connectivity index (χ0) is 16.7. The first kappa shape index (κ1) is 17.8. The van der Waals surface area contributed by atoms with Crippen LogP contribution in [0.25, 0.3) is 11.5 Å². The van der Waals surface area contributed by atoms with E-state index in [4.69, 9.17) is 16.0 Å². The first-order chi connectivity index (χ1) is 11.0. The molecular weight excluding hydrogens is 334 g/mol. The number of hydrogen-bond donors (Lipinski definition) is 1. The Kier molecular flexibility index (Phi) is 6.92. The number of carbonyl (C=O) groups is 1. The highest BCUT2D eigenvalue weighted by molar-refractivity contribution is 7.99. The van der Waals surface area contributed by atoms with Gasteiger partial charge in [-0.3, -0.25) is 4.79 Å². The molecule has 0 atom stereocenters. The smallest absolute Gasteiger partial charge is 0.277 e. The second-order valence-electron chi connectivity index (χ2n) is 5.55. The van der Waals surface area contributed by atoms with E-state index in [2.05, 4.69) is 29.4 Å². The van der Waals surface area contributed by atoms with E-state index >= 15 is 0 Å². The Labute approximate surface area is 145 Å². The van der Waals surface area contributed by atoms with Crippen LogP contribution in [0.5, 0.6) is 0 Å². The Balaban J connectivity index is 1.76. The summed E-state index contributed by atoms with van der Waals surface area (Å²) in [4.78, 5) is 11.7. The van der Waals surface area contributed by atoms with Gasteiger partial charge >= 0.3 is 0 Å². The van der Waals surface area contributed by atoms with E-state index in [-0.39, 0.29) is 11.7 Å². The Morgan fingerprint density at radius 2 is 2.04 bits per heavy atom. The van der Waals surface area contributed by atoms with E-state index in [0.717, 1.165) is 18.4 Å². The summed E-state index contributed by atoms with van der Waals surface area (Å²) < 4.78 is 5.53. The second kappa shape index (κ2) is 8.93. The number of nitrogens with zero attached hydrogens (tertiary/aromatic N) is 2. The van der Waals surface area contributed by atoms with Gasteiger partial charge in [0.15, 0.2) is 0 Å². The standard InChI is InChI=1S/C16H20ClN3O2S/c1-11(2)4-3-9-18-14(21)10-23-16-20-19-15(22-16)12-5-7-13(17)8-6-12/h5-8,11H,3-4,9-10H2,1-2H3,(H,18,21). The van der Waals surface area contributed by atoms with Gasteiger partial charge in [-0.15, -0.1) is 10.2 Å². The lowest BCUT2D eigenvalue weighted by molar-refractivity contribution is -0.118. The summed E-state index contributed by atoms with van der Waals surface area (Å²) in [5.41, 5.74) is 0.798. The number of halogens is 1. The Morgan fingerprint density at radius 1 is 1.30 bits per heavy atom. The molecule has 7 heteroatoms. The van der Waals surface area contributed by atoms with Gasteiger partial charge < -0.3 is 9.73 Å². The third kappa shape index (κ3) is 6.23. The Bertz CT molecular complexity index is 629. The van der Waals surface area contributed by atoms with Crippen LogP contribution in [0.1, 0.15) is 26.7 Å². The van der Waals surface area contributed by atoms with Crippen LogP contribution in [0.2, 0.25) is 5.02 Å². The number of hydrogen-bond acceptors (Lipinski definition) is 5. The molecule has 0 aliphatic carbocycles. The maximum atomic E-state index is 11.7. The van der Waals surface area contributed by atoms with E-state index in [0.29, 0.717) is 28.6 Å². The summed E-state index contributed by atoms with van der Waals surface area (Å²) in [5, 5.41) is 11.8. The first-order valence-corrected chi connectivity index (χ1v) is 8.90. The number of aromatic nitrogens is 2. The van der Waals surface area contributed by atoms with E-state index in [9.17, 15) is 4.79 Å². The molecule has 1 aromatic heterocycles. The number of benzene rings is 1. The van der Waals surface area contributed by atoms with Crippen molar-refractivity contribution in [1.29, 1.82) is 0 Å². The molecule has 0 spiro atoms. The minimum absolute atomic E-state index is 0.0231. The average Bonchev–Trinajstić information content (AvgIpc) is 2.99. The summed E-state index contributed by atoms with van der Waals surface area (Å²) in [6.45, 7) is 5.05. The lowest BCUT2D eigenvalue weighted by atomic mass is 10.1. The fourth-order valence-electron chi connectivity index (χ4n) is 1.89. The molecule has 2 aromatic rings. The van der Waals surface area contributed by atoms with Crippen molar-refractivity contribution < 1.29 is 9.21 Å². The van der Waals surface area contributed by atoms with Crippen molar-refractivity contribution in [2.75, 3.05) is 12.3 Å². The van der Waals surface area contributed by atoms with Crippen molar-refractivity contribution in [3.8, 4) is 11.5 Å². The van der Waals surface area contributed by atoms with Crippen LogP contribution in [0.3, 0.4) is 0 Å². The first-order valence-electron chi connectivity index (χ1n) is 7.53. The van der Waals surface area contributed by atoms with Crippen LogP contribution >= 0.6 is 23.4 Å². The molecule has 5 nitrogen and oxygen atoms in total. The maximum Gasteiger partial charge on any atom is 0.277 e. The number of rotatable bonds is 8. The summed E-state index contributed by atoms with van der Waals surface area (Å²) in [6.07, 6.45) is 2.11. The topological polar surface area (TPSA) is 68.0 Å². The van der Waals surface area contributed by atoms with Gasteiger partial charge in [0.2, 0.25) is 11.8 Å². The van der Waals surface area contributed by atoms with Crippen LogP contribution in [0, 0.1) is 5.92 Å². The van der Waals surface area contributed by atoms with Crippen LogP contribution in [-0.2, 0) is 4.79 Å². The lowest BCUT2D eigenvalue weighted by Crippen LogP contribution is -2.26. The van der Waals surface area contributed by atoms with Gasteiger partial charge in [-0.25, -0.2) is 0 Å². The third-order valence-corrected chi connectivity index (χ3v) is 4.18. The van der Waals surface area contributed by atoms with E-state index in [1.54, 1.807) is 12.1 Å². The second-order valence-corrected chi connectivity index (χ2v) is 6.92. The summed E-state index contributed by atoms with van der Waals surface area (Å²) in [6, 6.07) is 7.15. The molecule has 2 rings (SSSR count). The molecule has 0 saturated heterocycles. The predicted octanol–water partition coefficient (Wildman–Crippen LogP) is 4.03. The highest BCUT2D eigenvalue weighted by Crippen LogP contribution is 2.24. The number of amides is 1. The molecule has 0 saturated carbocycles. The van der Waals surface area contributed by atoms with E-state index < -0.39 is 0 Å². The predicted molar refractivity (Wildman–Crippen MR) is 92.5 cm³/mol. The molecule has 1 N–H and O–H groups in total. The van der Waals surface area contributed by atoms with Gasteiger partial charge in [-0.1, -0.05) is 37.2 Å². The molecule has 124 valence electrons. The van der Waals surface area contributed by atoms with Crippen molar-refractivity contribution in [3.63, 3.8) is 0 Å². The van der Waals surface area contributed by atoms with Crippen LogP contribution in [0.15, 0.2) is 33.9 Å². The fourth-order valence-corrected chi connectivity index (χ4v) is 2.61. The largest absolute Gasteiger partial charge is 0.411 e. The van der Waals surface area contributed by atoms with Crippen molar-refractivity contribution >= 4 is 29.3 Å². The highest BCUT2D eigenvalue weighted by atomic mass is 35.5. The molecule has 0 unspecified atom stereocenters. The van der Waals surface area contributed by atoms with Crippen molar-refractivity contribution in [3.05, 3.63) is 29.3 Å². The number of carbonyl (C=O) groups excluding carboxylic acids is 1. The molecule has 1 aromatic carbocycles. The van der Waals surface area contributed by atoms with Gasteiger partial charge in [-0.2, -0.15) is 0 Å². The van der Waals surface area contributed by atoms with Crippen LogP contribution in [0.4, 0.5) is 0 Å². The van der Waals surface area contributed by atoms with Crippen LogP contribution in [-0.4, -0.2) is 28.4 Å². The molecule has 0 fully saturated rings. The van der Waals surface area contributed by atoms with Gasteiger partial charge in [0.1, 0.15) is 0 Å². The molecule has 0 bridgehead atoms. The fraction of sp³-hybridized carbons (Fsp3) is 0.438. The molecule has 1 heterocycles. The zero-order valence-electron chi connectivity index (χ0n) is 13.2. The SMILES string of the molecule is CC(C)CCCNC(=O)CSc1nnc(-c2ccc(Cl)cc2)o1. The molecule has 23 heavy (non-hydrogen) atoms. The number of thioether (sulfide) groups is 1. The number of nitrogens with one attached hydrogen (secondary N) is 1. The molecule has 0 aliphatic heterocycles. The molecule has 0 aliphatic rings. The highest BCUT2D eigenvalue weighted by Gasteiger charge is 2.11. The summed E-state index contributed by atoms with van der Waals surface area (Å²) in [7, 11) is 0. The van der Waals surface area contributed by atoms with Gasteiger partial charge in [0.05, 0.1) is 5.75 Å². The van der Waals surface area contributed by atoms with E-state index in [1.807, 2.05) is 12.1 Å². The van der Waals surface area contributed by atoms with Gasteiger partial charge in [0.25, 0.3) is 5.22 Å². The molecular formula is C16H20ClN3O2S. The minimum Gasteiger partial charge on any atom is -0.411 e. The normalized spacial score (nSPS) is 11.0. The molecule has 1 amide bonds. The Hall–Kier alpha value is -1.53. The minimum atomic E-state index is -0.0231. The lowest BCUT2D eigenvalue weighted by Gasteiger charge is -2.05. The zero-order valence-corrected chi connectivity index (χ0v) is 14.8. The summed E-state index contributed by atoms with van der Waals surface area (Å²) >= 11 is 7.08. The molecule has 0 radical (unpaired) electrons. The third-order valence-electron chi connectivity index (χ3n) is 3.10. The average molecular weight is 354 g/mol. The van der Waals surface area contributed by atoms with Crippen molar-refractivity contribution in [1.82, 2.24) is 15.5 Å². The van der Waals surface area contributed by atoms with Crippen LogP contribution < -0.4 is 5.32 Å². The monoisotopic (exact) mass is 353 g/mol. The van der Waals surface area contributed by atoms with Gasteiger partial charge in [0, 0.05) is 17.1 Å². The summed E-state index contributed by atoms with van der Waals surface area (Å²) in [5.74, 6) is 1.32. The quantitative estimate of drug-likeness (QED) is 0.573. The van der Waals surface area contributed by atoms with Crippen molar-refractivity contribution in [2.45, 2.75) is 31.9 Å². The maximum absolute atomic E-state index is 11.7. The Morgan fingerprint density at radius 3 is 2.74 bits per heavy atom. The van der Waals surface area contributed by atoms with Gasteiger partial charge in [-0.05, 0) is 43.0 Å². The van der Waals surface area contributed by atoms with Crippen molar-refractivity contribution in [2.24, 2.45) is 5.92 Å². The van der Waals surface area contributed by atoms with E-state index in [1.165, 1.54) is 11.8 Å².